The molecule has 0 fully saturated rings. The Morgan fingerprint density at radius 2 is 1.74 bits per heavy atom. The number of amides is 1. The van der Waals surface area contributed by atoms with Gasteiger partial charge in [-0.1, -0.05) is 48.2 Å². The Morgan fingerprint density at radius 1 is 1.03 bits per heavy atom. The van der Waals surface area contributed by atoms with E-state index in [1.807, 2.05) is 0 Å². The summed E-state index contributed by atoms with van der Waals surface area (Å²) >= 11 is 1.04. The van der Waals surface area contributed by atoms with Crippen LogP contribution in [-0.2, 0) is 16.1 Å². The molecule has 172 valence electrons. The molecule has 0 radical (unpaired) electrons. The molecule has 7 nitrogen and oxygen atoms in total. The zero-order valence-corrected chi connectivity index (χ0v) is 19.0. The first-order valence-corrected chi connectivity index (χ1v) is 11.3. The summed E-state index contributed by atoms with van der Waals surface area (Å²) in [6, 6.07) is 19.4. The maximum atomic E-state index is 14.5. The average Bonchev–Trinajstić information content (AvgIpc) is 2.87. The fourth-order valence-corrected chi connectivity index (χ4v) is 4.15. The van der Waals surface area contributed by atoms with Crippen molar-refractivity contribution in [1.29, 1.82) is 0 Å². The van der Waals surface area contributed by atoms with Gasteiger partial charge in [0.05, 0.1) is 35.0 Å². The molecule has 1 heterocycles. The van der Waals surface area contributed by atoms with Gasteiger partial charge in [-0.15, -0.1) is 0 Å². The van der Waals surface area contributed by atoms with Gasteiger partial charge < -0.3 is 10.1 Å². The van der Waals surface area contributed by atoms with Crippen LogP contribution in [0.5, 0.6) is 0 Å². The highest BCUT2D eigenvalue weighted by atomic mass is 32.2. The summed E-state index contributed by atoms with van der Waals surface area (Å²) in [5.41, 5.74) is 1.34. The van der Waals surface area contributed by atoms with Crippen molar-refractivity contribution in [3.05, 3.63) is 100 Å². The summed E-state index contributed by atoms with van der Waals surface area (Å²) in [6.07, 6.45) is 0. The van der Waals surface area contributed by atoms with E-state index in [1.165, 1.54) is 29.9 Å². The molecule has 0 saturated carbocycles. The zero-order valence-electron chi connectivity index (χ0n) is 18.2. The second-order valence-corrected chi connectivity index (χ2v) is 8.20. The highest BCUT2D eigenvalue weighted by molar-refractivity contribution is 7.99. The number of para-hydroxylation sites is 2. The number of hydrogen-bond acceptors (Lipinski definition) is 6. The number of benzene rings is 3. The van der Waals surface area contributed by atoms with Crippen LogP contribution >= 0.6 is 11.8 Å². The van der Waals surface area contributed by atoms with Crippen LogP contribution in [0, 0.1) is 5.82 Å². The lowest BCUT2D eigenvalue weighted by Crippen LogP contribution is -2.26. The topological polar surface area (TPSA) is 90.3 Å². The molecule has 0 aliphatic heterocycles. The number of ether oxygens (including phenoxy) is 1. The first kappa shape index (κ1) is 23.2. The Kier molecular flexibility index (Phi) is 7.03. The van der Waals surface area contributed by atoms with Gasteiger partial charge in [0.15, 0.2) is 5.16 Å². The van der Waals surface area contributed by atoms with Crippen molar-refractivity contribution in [2.75, 3.05) is 12.9 Å². The quantitative estimate of drug-likeness (QED) is 0.248. The molecule has 3 aromatic carbocycles. The first-order valence-electron chi connectivity index (χ1n) is 10.3. The maximum absolute atomic E-state index is 14.5. The SMILES string of the molecule is COC(=O)c1ccc(CNC(=O)CSc2nc3ccccc3c(=O)n2-c2ccccc2F)cc1. The van der Waals surface area contributed by atoms with Gasteiger partial charge in [-0.05, 0) is 42.0 Å². The predicted molar refractivity (Wildman–Crippen MR) is 128 cm³/mol. The molecule has 0 aliphatic carbocycles. The molecule has 1 amide bonds. The lowest BCUT2D eigenvalue weighted by atomic mass is 10.1. The highest BCUT2D eigenvalue weighted by Crippen LogP contribution is 2.22. The Labute approximate surface area is 198 Å². The minimum Gasteiger partial charge on any atom is -0.465 e. The number of nitrogens with one attached hydrogen (secondary N) is 1. The first-order chi connectivity index (χ1) is 16.5. The summed E-state index contributed by atoms with van der Waals surface area (Å²) in [5, 5.41) is 3.36. The second-order valence-electron chi connectivity index (χ2n) is 7.26. The van der Waals surface area contributed by atoms with E-state index < -0.39 is 17.3 Å². The minimum absolute atomic E-state index is 0.0283. The summed E-state index contributed by atoms with van der Waals surface area (Å²) in [4.78, 5) is 41.7. The lowest BCUT2D eigenvalue weighted by molar-refractivity contribution is -0.118. The lowest BCUT2D eigenvalue weighted by Gasteiger charge is -2.14. The van der Waals surface area contributed by atoms with Gasteiger partial charge in [0.1, 0.15) is 5.82 Å². The summed E-state index contributed by atoms with van der Waals surface area (Å²) < 4.78 is 20.4. The number of methoxy groups -OCH3 is 1. The summed E-state index contributed by atoms with van der Waals surface area (Å²) in [7, 11) is 1.31. The monoisotopic (exact) mass is 477 g/mol. The van der Waals surface area contributed by atoms with Crippen molar-refractivity contribution < 1.29 is 18.7 Å². The van der Waals surface area contributed by atoms with Gasteiger partial charge in [0, 0.05) is 6.54 Å². The molecule has 0 unspecified atom stereocenters. The molecule has 0 aliphatic rings. The largest absolute Gasteiger partial charge is 0.465 e. The van der Waals surface area contributed by atoms with Gasteiger partial charge in [-0.2, -0.15) is 0 Å². The van der Waals surface area contributed by atoms with E-state index in [9.17, 15) is 18.8 Å². The van der Waals surface area contributed by atoms with Gasteiger partial charge in [-0.3, -0.25) is 14.2 Å². The Bertz CT molecular complexity index is 1420. The molecule has 1 N–H and O–H groups in total. The van der Waals surface area contributed by atoms with Crippen LogP contribution < -0.4 is 10.9 Å². The number of nitrogens with zero attached hydrogens (tertiary/aromatic N) is 2. The molecule has 0 atom stereocenters. The third-order valence-electron chi connectivity index (χ3n) is 5.04. The van der Waals surface area contributed by atoms with E-state index >= 15 is 0 Å². The molecule has 0 spiro atoms. The number of esters is 1. The van der Waals surface area contributed by atoms with Crippen LogP contribution in [0.15, 0.2) is 82.7 Å². The molecular weight excluding hydrogens is 457 g/mol. The molecule has 34 heavy (non-hydrogen) atoms. The number of thioether (sulfide) groups is 1. The van der Waals surface area contributed by atoms with E-state index in [0.717, 1.165) is 17.3 Å². The van der Waals surface area contributed by atoms with E-state index in [-0.39, 0.29) is 29.0 Å². The van der Waals surface area contributed by atoms with Crippen molar-refractivity contribution in [2.45, 2.75) is 11.7 Å². The number of fused-ring (bicyclic) bond motifs is 1. The van der Waals surface area contributed by atoms with Crippen molar-refractivity contribution in [3.8, 4) is 5.69 Å². The van der Waals surface area contributed by atoms with Gasteiger partial charge >= 0.3 is 5.97 Å². The number of rotatable bonds is 7. The number of aromatic nitrogens is 2. The molecule has 0 bridgehead atoms. The standard InChI is InChI=1S/C25H20FN3O4S/c1-33-24(32)17-12-10-16(11-13-17)14-27-22(30)15-34-25-28-20-8-4-2-6-18(20)23(31)29(25)21-9-5-3-7-19(21)26/h2-13H,14-15H2,1H3,(H,27,30). The van der Waals surface area contributed by atoms with E-state index in [2.05, 4.69) is 15.0 Å². The molecule has 1 aromatic heterocycles. The fraction of sp³-hybridized carbons (Fsp3) is 0.120. The van der Waals surface area contributed by atoms with Crippen LogP contribution in [0.1, 0.15) is 15.9 Å². The fourth-order valence-electron chi connectivity index (χ4n) is 3.31. The second kappa shape index (κ2) is 10.3. The number of carbonyl (C=O) groups is 2. The number of hydrogen-bond donors (Lipinski definition) is 1. The van der Waals surface area contributed by atoms with Crippen LogP contribution in [0.2, 0.25) is 0 Å². The van der Waals surface area contributed by atoms with Crippen LogP contribution in [0.4, 0.5) is 4.39 Å². The van der Waals surface area contributed by atoms with Gasteiger partial charge in [0.2, 0.25) is 5.91 Å². The molecular formula is C25H20FN3O4S. The highest BCUT2D eigenvalue weighted by Gasteiger charge is 2.17. The molecule has 4 rings (SSSR count). The number of halogens is 1. The van der Waals surface area contributed by atoms with Crippen LogP contribution in [0.3, 0.4) is 0 Å². The van der Waals surface area contributed by atoms with Crippen LogP contribution in [-0.4, -0.2) is 34.3 Å². The molecule has 4 aromatic rings. The van der Waals surface area contributed by atoms with Gasteiger partial charge in [0.25, 0.3) is 5.56 Å². The number of carbonyl (C=O) groups excluding carboxylic acids is 2. The third-order valence-corrected chi connectivity index (χ3v) is 5.97. The van der Waals surface area contributed by atoms with E-state index in [1.54, 1.807) is 54.6 Å². The minimum atomic E-state index is -0.566. The van der Waals surface area contributed by atoms with Crippen molar-refractivity contribution >= 4 is 34.5 Å². The Balaban J connectivity index is 1.52. The van der Waals surface area contributed by atoms with E-state index in [0.29, 0.717) is 16.5 Å². The molecule has 9 heteroatoms. The zero-order chi connectivity index (χ0) is 24.1. The molecule has 0 saturated heterocycles. The third kappa shape index (κ3) is 4.99. The van der Waals surface area contributed by atoms with Crippen LogP contribution in [0.25, 0.3) is 16.6 Å². The Morgan fingerprint density at radius 3 is 2.47 bits per heavy atom. The van der Waals surface area contributed by atoms with Crippen molar-refractivity contribution in [1.82, 2.24) is 14.9 Å². The summed E-state index contributed by atoms with van der Waals surface area (Å²) in [6.45, 7) is 0.256. The average molecular weight is 478 g/mol. The maximum Gasteiger partial charge on any atom is 0.337 e. The predicted octanol–water partition coefficient (Wildman–Crippen LogP) is 3.72. The normalized spacial score (nSPS) is 10.8. The smallest absolute Gasteiger partial charge is 0.337 e. The Hall–Kier alpha value is -3.98. The summed E-state index contributed by atoms with van der Waals surface area (Å²) in [5.74, 6) is -1.32. The van der Waals surface area contributed by atoms with E-state index in [4.69, 9.17) is 0 Å². The van der Waals surface area contributed by atoms with Crippen molar-refractivity contribution in [3.63, 3.8) is 0 Å². The van der Waals surface area contributed by atoms with Crippen molar-refractivity contribution in [2.24, 2.45) is 0 Å². The van der Waals surface area contributed by atoms with Gasteiger partial charge in [-0.25, -0.2) is 14.2 Å².